The first-order chi connectivity index (χ1) is 8.94. The zero-order chi connectivity index (χ0) is 13.8. The van der Waals surface area contributed by atoms with Crippen molar-refractivity contribution < 1.29 is 14.4 Å². The number of amides is 3. The van der Waals surface area contributed by atoms with E-state index in [-0.39, 0.29) is 24.7 Å². The van der Waals surface area contributed by atoms with Crippen molar-refractivity contribution in [3.8, 4) is 0 Å². The molecule has 19 heavy (non-hydrogen) atoms. The van der Waals surface area contributed by atoms with Crippen LogP contribution in [0, 0.1) is 0 Å². The fourth-order valence-electron chi connectivity index (χ4n) is 2.80. The molecule has 0 aliphatic carbocycles. The van der Waals surface area contributed by atoms with Crippen molar-refractivity contribution >= 4 is 35.0 Å². The summed E-state index contributed by atoms with van der Waals surface area (Å²) in [7, 11) is 1.65. The Kier molecular flexibility index (Phi) is 2.44. The Bertz CT molecular complexity index is 628. The first kappa shape index (κ1) is 12.2. The predicted octanol–water partition coefficient (Wildman–Crippen LogP) is 0.991. The van der Waals surface area contributed by atoms with Crippen molar-refractivity contribution in [3.05, 3.63) is 28.8 Å². The van der Waals surface area contributed by atoms with E-state index in [0.29, 0.717) is 16.3 Å². The topological polar surface area (TPSA) is 66.5 Å². The van der Waals surface area contributed by atoms with E-state index >= 15 is 0 Å². The second-order valence-corrected chi connectivity index (χ2v) is 5.36. The van der Waals surface area contributed by atoms with Gasteiger partial charge in [0.05, 0.1) is 5.41 Å². The van der Waals surface area contributed by atoms with E-state index in [0.717, 1.165) is 0 Å². The minimum Gasteiger partial charge on any atom is -0.315 e. The van der Waals surface area contributed by atoms with Crippen LogP contribution in [0.3, 0.4) is 0 Å². The van der Waals surface area contributed by atoms with Crippen molar-refractivity contribution in [1.29, 1.82) is 0 Å². The fourth-order valence-corrected chi connectivity index (χ4v) is 2.97. The van der Waals surface area contributed by atoms with E-state index in [1.807, 2.05) is 0 Å². The molecule has 2 aliphatic heterocycles. The standard InChI is InChI=1S/C13H11ClN2O3/c1-16-9-3-2-7(14)4-8(9)13(6-11(16)18)5-10(17)15-12(13)19/h2-4H,5-6H2,1H3,(H,15,17,19)/t13-/m0/s1. The molecule has 1 atom stereocenters. The summed E-state index contributed by atoms with van der Waals surface area (Å²) in [5.74, 6) is -0.949. The molecular formula is C13H11ClN2O3. The van der Waals surface area contributed by atoms with Gasteiger partial charge in [-0.1, -0.05) is 11.6 Å². The lowest BCUT2D eigenvalue weighted by Crippen LogP contribution is -2.46. The highest BCUT2D eigenvalue weighted by Gasteiger charge is 2.53. The summed E-state index contributed by atoms with van der Waals surface area (Å²) in [4.78, 5) is 37.2. The van der Waals surface area contributed by atoms with Crippen molar-refractivity contribution in [1.82, 2.24) is 5.32 Å². The summed E-state index contributed by atoms with van der Waals surface area (Å²) >= 11 is 5.99. The molecule has 0 saturated carbocycles. The van der Waals surface area contributed by atoms with Crippen LogP contribution in [0.15, 0.2) is 18.2 Å². The molecule has 2 heterocycles. The van der Waals surface area contributed by atoms with E-state index in [4.69, 9.17) is 11.6 Å². The van der Waals surface area contributed by atoms with Gasteiger partial charge in [-0.2, -0.15) is 0 Å². The Morgan fingerprint density at radius 3 is 2.63 bits per heavy atom. The average Bonchev–Trinajstić information content (AvgIpc) is 2.62. The zero-order valence-electron chi connectivity index (χ0n) is 10.2. The second kappa shape index (κ2) is 3.81. The molecule has 3 rings (SSSR count). The van der Waals surface area contributed by atoms with Gasteiger partial charge >= 0.3 is 0 Å². The van der Waals surface area contributed by atoms with Crippen molar-refractivity contribution in [3.63, 3.8) is 0 Å². The van der Waals surface area contributed by atoms with Crippen LogP contribution >= 0.6 is 11.6 Å². The van der Waals surface area contributed by atoms with Gasteiger partial charge < -0.3 is 4.90 Å². The maximum Gasteiger partial charge on any atom is 0.238 e. The van der Waals surface area contributed by atoms with Gasteiger partial charge in [-0.15, -0.1) is 0 Å². The first-order valence-electron chi connectivity index (χ1n) is 5.85. The summed E-state index contributed by atoms with van der Waals surface area (Å²) in [5, 5.41) is 2.76. The molecule has 0 aromatic heterocycles. The molecule has 0 unspecified atom stereocenters. The van der Waals surface area contributed by atoms with Gasteiger partial charge in [-0.05, 0) is 23.8 Å². The monoisotopic (exact) mass is 278 g/mol. The van der Waals surface area contributed by atoms with Crippen LogP contribution in [0.5, 0.6) is 0 Å². The van der Waals surface area contributed by atoms with Gasteiger partial charge in [0.15, 0.2) is 0 Å². The molecule has 1 aromatic carbocycles. The summed E-state index contributed by atoms with van der Waals surface area (Å²) < 4.78 is 0. The van der Waals surface area contributed by atoms with E-state index in [9.17, 15) is 14.4 Å². The van der Waals surface area contributed by atoms with Gasteiger partial charge in [0.2, 0.25) is 17.7 Å². The van der Waals surface area contributed by atoms with E-state index < -0.39 is 11.3 Å². The highest BCUT2D eigenvalue weighted by atomic mass is 35.5. The van der Waals surface area contributed by atoms with Crippen molar-refractivity contribution in [2.24, 2.45) is 0 Å². The number of nitrogens with zero attached hydrogens (tertiary/aromatic N) is 1. The molecule has 1 aromatic rings. The Morgan fingerprint density at radius 1 is 1.26 bits per heavy atom. The third kappa shape index (κ3) is 1.58. The van der Waals surface area contributed by atoms with Crippen LogP contribution in [0.4, 0.5) is 5.69 Å². The quantitative estimate of drug-likeness (QED) is 0.720. The van der Waals surface area contributed by atoms with E-state index in [2.05, 4.69) is 5.32 Å². The summed E-state index contributed by atoms with van der Waals surface area (Å²) in [5.41, 5.74) is 0.178. The number of anilines is 1. The number of carbonyl (C=O) groups is 3. The van der Waals surface area contributed by atoms with Gasteiger partial charge in [0.25, 0.3) is 0 Å². The minimum atomic E-state index is -1.10. The van der Waals surface area contributed by atoms with Gasteiger partial charge in [0, 0.05) is 30.6 Å². The van der Waals surface area contributed by atoms with Crippen molar-refractivity contribution in [2.45, 2.75) is 18.3 Å². The van der Waals surface area contributed by atoms with Crippen LogP contribution in [-0.4, -0.2) is 24.8 Å². The number of hydrogen-bond acceptors (Lipinski definition) is 3. The van der Waals surface area contributed by atoms with Gasteiger partial charge in [0.1, 0.15) is 0 Å². The predicted molar refractivity (Wildman–Crippen MR) is 68.9 cm³/mol. The minimum absolute atomic E-state index is 0.00123. The van der Waals surface area contributed by atoms with Crippen LogP contribution in [0.1, 0.15) is 18.4 Å². The van der Waals surface area contributed by atoms with Crippen LogP contribution < -0.4 is 10.2 Å². The molecule has 3 amide bonds. The van der Waals surface area contributed by atoms with Crippen LogP contribution in [-0.2, 0) is 19.8 Å². The molecule has 6 heteroatoms. The molecule has 5 nitrogen and oxygen atoms in total. The summed E-state index contributed by atoms with van der Waals surface area (Å²) in [6.45, 7) is 0. The summed E-state index contributed by atoms with van der Waals surface area (Å²) in [6, 6.07) is 5.03. The molecule has 0 radical (unpaired) electrons. The number of benzene rings is 1. The Balaban J connectivity index is 2.26. The number of nitrogens with one attached hydrogen (secondary N) is 1. The molecule has 2 aliphatic rings. The third-order valence-electron chi connectivity index (χ3n) is 3.81. The number of fused-ring (bicyclic) bond motifs is 2. The first-order valence-corrected chi connectivity index (χ1v) is 6.23. The zero-order valence-corrected chi connectivity index (χ0v) is 11.0. The SMILES string of the molecule is CN1C(=O)C[C@@]2(CC(=O)NC2=O)c2cc(Cl)ccc21. The molecular weight excluding hydrogens is 268 g/mol. The van der Waals surface area contributed by atoms with Crippen LogP contribution in [0.2, 0.25) is 5.02 Å². The lowest BCUT2D eigenvalue weighted by molar-refractivity contribution is -0.130. The smallest absolute Gasteiger partial charge is 0.238 e. The molecule has 1 saturated heterocycles. The Morgan fingerprint density at radius 2 is 2.00 bits per heavy atom. The average molecular weight is 279 g/mol. The number of hydrogen-bond donors (Lipinski definition) is 1. The Hall–Kier alpha value is -1.88. The van der Waals surface area contributed by atoms with Crippen LogP contribution in [0.25, 0.3) is 0 Å². The Labute approximate surface area is 114 Å². The lowest BCUT2D eigenvalue weighted by Gasteiger charge is -2.36. The maximum absolute atomic E-state index is 12.1. The summed E-state index contributed by atoms with van der Waals surface area (Å²) in [6.07, 6.45) is -0.00677. The largest absolute Gasteiger partial charge is 0.315 e. The van der Waals surface area contributed by atoms with E-state index in [1.54, 1.807) is 25.2 Å². The molecule has 0 bridgehead atoms. The molecule has 1 N–H and O–H groups in total. The normalized spacial score (nSPS) is 25.8. The van der Waals surface area contributed by atoms with Gasteiger partial charge in [-0.3, -0.25) is 19.7 Å². The van der Waals surface area contributed by atoms with Gasteiger partial charge in [-0.25, -0.2) is 0 Å². The molecule has 98 valence electrons. The molecule has 1 fully saturated rings. The lowest BCUT2D eigenvalue weighted by atomic mass is 9.72. The fraction of sp³-hybridized carbons (Fsp3) is 0.308. The number of imide groups is 1. The highest BCUT2D eigenvalue weighted by molar-refractivity contribution is 6.31. The number of halogens is 1. The third-order valence-corrected chi connectivity index (χ3v) is 4.05. The number of carbonyl (C=O) groups excluding carboxylic acids is 3. The second-order valence-electron chi connectivity index (χ2n) is 4.93. The van der Waals surface area contributed by atoms with Crippen molar-refractivity contribution in [2.75, 3.05) is 11.9 Å². The molecule has 1 spiro atoms. The number of rotatable bonds is 0. The highest BCUT2D eigenvalue weighted by Crippen LogP contribution is 2.45. The maximum atomic E-state index is 12.1. The van der Waals surface area contributed by atoms with E-state index in [1.165, 1.54) is 4.90 Å².